The third-order valence-electron chi connectivity index (χ3n) is 2.40. The third-order valence-corrected chi connectivity index (χ3v) is 2.40. The lowest BCUT2D eigenvalue weighted by atomic mass is 10.1. The van der Waals surface area contributed by atoms with Gasteiger partial charge in [0.15, 0.2) is 0 Å². The summed E-state index contributed by atoms with van der Waals surface area (Å²) in [6.07, 6.45) is 2.84. The van der Waals surface area contributed by atoms with Gasteiger partial charge in [-0.2, -0.15) is 0 Å². The Morgan fingerprint density at radius 1 is 1.47 bits per heavy atom. The fourth-order valence-corrected chi connectivity index (χ4v) is 1.45. The topological polar surface area (TPSA) is 50.4 Å². The van der Waals surface area contributed by atoms with E-state index >= 15 is 0 Å². The van der Waals surface area contributed by atoms with Crippen molar-refractivity contribution in [2.24, 2.45) is 0 Å². The van der Waals surface area contributed by atoms with Gasteiger partial charge in [-0.3, -0.25) is 4.79 Å². The molecule has 0 atom stereocenters. The molecular formula is C11H22N2O2. The van der Waals surface area contributed by atoms with Gasteiger partial charge in [-0.05, 0) is 26.7 Å². The lowest BCUT2D eigenvalue weighted by Gasteiger charge is -2.25. The number of carbonyl (C=O) groups excluding carboxylic acids is 1. The van der Waals surface area contributed by atoms with Crippen molar-refractivity contribution in [1.29, 1.82) is 0 Å². The highest BCUT2D eigenvalue weighted by molar-refractivity contribution is 5.76. The molecule has 1 saturated carbocycles. The van der Waals surface area contributed by atoms with Crippen LogP contribution in [0.3, 0.4) is 0 Å². The molecule has 0 aromatic heterocycles. The van der Waals surface area contributed by atoms with Gasteiger partial charge >= 0.3 is 0 Å². The third kappa shape index (κ3) is 5.74. The highest BCUT2D eigenvalue weighted by Gasteiger charge is 2.23. The van der Waals surface area contributed by atoms with Crippen LogP contribution in [0, 0.1) is 0 Å². The summed E-state index contributed by atoms with van der Waals surface area (Å²) in [7, 11) is 1.68. The van der Waals surface area contributed by atoms with E-state index in [1.54, 1.807) is 7.11 Å². The molecule has 0 unspecified atom stereocenters. The van der Waals surface area contributed by atoms with Crippen LogP contribution >= 0.6 is 0 Å². The van der Waals surface area contributed by atoms with E-state index < -0.39 is 0 Å². The van der Waals surface area contributed by atoms with Crippen LogP contribution in [0.1, 0.15) is 33.1 Å². The number of carbonyl (C=O) groups is 1. The van der Waals surface area contributed by atoms with Crippen molar-refractivity contribution in [1.82, 2.24) is 10.6 Å². The second-order valence-corrected chi connectivity index (χ2v) is 4.84. The molecule has 1 aliphatic carbocycles. The van der Waals surface area contributed by atoms with Crippen LogP contribution in [-0.2, 0) is 9.53 Å². The van der Waals surface area contributed by atoms with Gasteiger partial charge < -0.3 is 15.4 Å². The zero-order chi connectivity index (χ0) is 11.3. The number of hydrogen-bond acceptors (Lipinski definition) is 3. The molecule has 0 spiro atoms. The molecule has 4 heteroatoms. The first kappa shape index (κ1) is 12.5. The predicted octanol–water partition coefficient (Wildman–Crippen LogP) is 0.670. The lowest BCUT2D eigenvalue weighted by molar-refractivity contribution is -0.121. The zero-order valence-electron chi connectivity index (χ0n) is 9.93. The highest BCUT2D eigenvalue weighted by Crippen LogP contribution is 2.18. The van der Waals surface area contributed by atoms with Gasteiger partial charge in [0.25, 0.3) is 0 Å². The van der Waals surface area contributed by atoms with Crippen LogP contribution in [-0.4, -0.2) is 37.7 Å². The molecule has 0 aliphatic heterocycles. The van der Waals surface area contributed by atoms with E-state index in [0.29, 0.717) is 25.6 Å². The SMILES string of the molecule is COCC(C)(C)NCCC(=O)NC1CC1. The quantitative estimate of drug-likeness (QED) is 0.655. The Morgan fingerprint density at radius 3 is 2.67 bits per heavy atom. The van der Waals surface area contributed by atoms with Crippen LogP contribution in [0.2, 0.25) is 0 Å². The Labute approximate surface area is 91.8 Å². The average Bonchev–Trinajstić information content (AvgIpc) is 2.87. The summed E-state index contributed by atoms with van der Waals surface area (Å²) in [4.78, 5) is 11.4. The Morgan fingerprint density at radius 2 is 2.13 bits per heavy atom. The van der Waals surface area contributed by atoms with E-state index in [1.165, 1.54) is 0 Å². The van der Waals surface area contributed by atoms with Gasteiger partial charge in [0.05, 0.1) is 6.61 Å². The minimum atomic E-state index is -0.0609. The minimum absolute atomic E-state index is 0.0609. The molecule has 0 aromatic rings. The zero-order valence-corrected chi connectivity index (χ0v) is 9.93. The molecule has 0 saturated heterocycles. The van der Waals surface area contributed by atoms with Gasteiger partial charge in [-0.1, -0.05) is 0 Å². The summed E-state index contributed by atoms with van der Waals surface area (Å²) in [6, 6.07) is 0.462. The van der Waals surface area contributed by atoms with Crippen molar-refractivity contribution in [2.75, 3.05) is 20.3 Å². The van der Waals surface area contributed by atoms with Gasteiger partial charge in [0, 0.05) is 31.7 Å². The van der Waals surface area contributed by atoms with Crippen LogP contribution in [0.25, 0.3) is 0 Å². The van der Waals surface area contributed by atoms with E-state index in [9.17, 15) is 4.79 Å². The molecule has 0 aromatic carbocycles. The smallest absolute Gasteiger partial charge is 0.221 e. The van der Waals surface area contributed by atoms with Gasteiger partial charge in [-0.15, -0.1) is 0 Å². The fraction of sp³-hybridized carbons (Fsp3) is 0.909. The Balaban J connectivity index is 2.05. The first-order valence-corrected chi connectivity index (χ1v) is 5.57. The van der Waals surface area contributed by atoms with Crippen molar-refractivity contribution < 1.29 is 9.53 Å². The standard InChI is InChI=1S/C11H22N2O2/c1-11(2,8-15-3)12-7-6-10(14)13-9-4-5-9/h9,12H,4-8H2,1-3H3,(H,13,14). The predicted molar refractivity (Wildman–Crippen MR) is 59.7 cm³/mol. The molecule has 2 N–H and O–H groups in total. The van der Waals surface area contributed by atoms with Crippen molar-refractivity contribution >= 4 is 5.91 Å². The first-order chi connectivity index (χ1) is 7.03. The summed E-state index contributed by atoms with van der Waals surface area (Å²) in [5.74, 6) is 0.151. The van der Waals surface area contributed by atoms with Crippen LogP contribution < -0.4 is 10.6 Å². The average molecular weight is 214 g/mol. The van der Waals surface area contributed by atoms with Crippen molar-refractivity contribution in [2.45, 2.75) is 44.7 Å². The summed E-state index contributed by atoms with van der Waals surface area (Å²) in [5, 5.41) is 6.26. The van der Waals surface area contributed by atoms with Gasteiger partial charge in [0.2, 0.25) is 5.91 Å². The van der Waals surface area contributed by atoms with E-state index in [-0.39, 0.29) is 11.4 Å². The largest absolute Gasteiger partial charge is 0.383 e. The highest BCUT2D eigenvalue weighted by atomic mass is 16.5. The molecule has 1 aliphatic rings. The molecule has 0 radical (unpaired) electrons. The summed E-state index contributed by atoms with van der Waals surface area (Å²) in [5.41, 5.74) is -0.0609. The molecule has 1 rings (SSSR count). The Bertz CT molecular complexity index is 213. The monoisotopic (exact) mass is 214 g/mol. The number of rotatable bonds is 7. The maximum Gasteiger partial charge on any atom is 0.221 e. The van der Waals surface area contributed by atoms with E-state index in [1.807, 2.05) is 0 Å². The number of ether oxygens (including phenoxy) is 1. The van der Waals surface area contributed by atoms with Gasteiger partial charge in [0.1, 0.15) is 0 Å². The number of amides is 1. The second-order valence-electron chi connectivity index (χ2n) is 4.84. The lowest BCUT2D eigenvalue weighted by Crippen LogP contribution is -2.44. The van der Waals surface area contributed by atoms with Gasteiger partial charge in [-0.25, -0.2) is 0 Å². The van der Waals surface area contributed by atoms with Crippen molar-refractivity contribution in [3.63, 3.8) is 0 Å². The molecule has 0 bridgehead atoms. The normalized spacial score (nSPS) is 16.5. The van der Waals surface area contributed by atoms with Crippen molar-refractivity contribution in [3.05, 3.63) is 0 Å². The number of nitrogens with one attached hydrogen (secondary N) is 2. The first-order valence-electron chi connectivity index (χ1n) is 5.57. The second kappa shape index (κ2) is 5.47. The summed E-state index contributed by atoms with van der Waals surface area (Å²) in [6.45, 7) is 5.48. The molecule has 88 valence electrons. The van der Waals surface area contributed by atoms with Crippen LogP contribution in [0.15, 0.2) is 0 Å². The maximum atomic E-state index is 11.4. The number of methoxy groups -OCH3 is 1. The molecule has 1 fully saturated rings. The summed E-state index contributed by atoms with van der Waals surface area (Å²) < 4.78 is 5.08. The fourth-order valence-electron chi connectivity index (χ4n) is 1.45. The molecule has 4 nitrogen and oxygen atoms in total. The van der Waals surface area contributed by atoms with Crippen LogP contribution in [0.4, 0.5) is 0 Å². The molecule has 0 heterocycles. The minimum Gasteiger partial charge on any atom is -0.383 e. The Hall–Kier alpha value is -0.610. The van der Waals surface area contributed by atoms with E-state index in [2.05, 4.69) is 24.5 Å². The Kier molecular flexibility index (Phi) is 4.54. The summed E-state index contributed by atoms with van der Waals surface area (Å²) >= 11 is 0. The maximum absolute atomic E-state index is 11.4. The molecular weight excluding hydrogens is 192 g/mol. The molecule has 15 heavy (non-hydrogen) atoms. The van der Waals surface area contributed by atoms with Crippen LogP contribution in [0.5, 0.6) is 0 Å². The van der Waals surface area contributed by atoms with Crippen molar-refractivity contribution in [3.8, 4) is 0 Å². The van der Waals surface area contributed by atoms with E-state index in [4.69, 9.17) is 4.74 Å². The van der Waals surface area contributed by atoms with E-state index in [0.717, 1.165) is 12.8 Å². The molecule has 1 amide bonds. The number of hydrogen-bond donors (Lipinski definition) is 2.